The van der Waals surface area contributed by atoms with Crippen LogP contribution in [0.15, 0.2) is 0 Å². The highest BCUT2D eigenvalue weighted by atomic mass is 16.5. The Balaban J connectivity index is 1.68. The van der Waals surface area contributed by atoms with Crippen LogP contribution in [0, 0.1) is 0 Å². The Morgan fingerprint density at radius 1 is 1.29 bits per heavy atom. The maximum atomic E-state index is 5.59. The zero-order valence-corrected chi connectivity index (χ0v) is 9.57. The van der Waals surface area contributed by atoms with Crippen LogP contribution in [-0.4, -0.2) is 61.3 Å². The summed E-state index contributed by atoms with van der Waals surface area (Å²) in [5.41, 5.74) is 0. The van der Waals surface area contributed by atoms with Crippen LogP contribution < -0.4 is 0 Å². The average molecular weight is 198 g/mol. The molecule has 3 fully saturated rings. The van der Waals surface area contributed by atoms with Crippen molar-refractivity contribution in [2.45, 2.75) is 38.5 Å². The summed E-state index contributed by atoms with van der Waals surface area (Å²) >= 11 is 0. The molecule has 14 heavy (non-hydrogen) atoms. The van der Waals surface area contributed by atoms with Gasteiger partial charge in [0.05, 0.1) is 12.7 Å². The fourth-order valence-corrected chi connectivity index (χ4v) is 2.66. The van der Waals surface area contributed by atoms with Gasteiger partial charge < -0.3 is 9.64 Å². The van der Waals surface area contributed by atoms with Gasteiger partial charge in [0.2, 0.25) is 0 Å². The van der Waals surface area contributed by atoms with Crippen molar-refractivity contribution in [2.24, 2.45) is 0 Å². The normalized spacial score (nSPS) is 33.4. The number of fused-ring (bicyclic) bond motifs is 2. The number of piperazine rings is 1. The maximum absolute atomic E-state index is 5.59. The molecule has 2 unspecified atom stereocenters. The fraction of sp³-hybridized carbons (Fsp3) is 1.00. The smallest absolute Gasteiger partial charge is 0.0597 e. The highest BCUT2D eigenvalue weighted by molar-refractivity contribution is 4.99. The Morgan fingerprint density at radius 3 is 2.50 bits per heavy atom. The fourth-order valence-electron chi connectivity index (χ4n) is 2.66. The third-order valence-electron chi connectivity index (χ3n) is 3.33. The van der Waals surface area contributed by atoms with Crippen LogP contribution in [-0.2, 0) is 4.74 Å². The van der Waals surface area contributed by atoms with Gasteiger partial charge in [0, 0.05) is 31.7 Å². The minimum atomic E-state index is 0.374. The van der Waals surface area contributed by atoms with Gasteiger partial charge in [-0.2, -0.15) is 0 Å². The Hall–Kier alpha value is -0.120. The number of rotatable bonds is 4. The molecule has 3 nitrogen and oxygen atoms in total. The van der Waals surface area contributed by atoms with Gasteiger partial charge in [-0.15, -0.1) is 0 Å². The van der Waals surface area contributed by atoms with Crippen LogP contribution in [0.5, 0.6) is 0 Å². The number of piperidine rings is 1. The van der Waals surface area contributed by atoms with Gasteiger partial charge >= 0.3 is 0 Å². The first-order valence-electron chi connectivity index (χ1n) is 5.72. The molecule has 2 atom stereocenters. The standard InChI is InChI=1S/C11H22N2O/c1-9(2)14-5-4-13-10-6-11(13)8-12(3)7-10/h9-11H,4-8H2,1-3H3. The molecule has 3 rings (SSSR count). The number of hydrogen-bond acceptors (Lipinski definition) is 3. The van der Waals surface area contributed by atoms with Crippen LogP contribution in [0.4, 0.5) is 0 Å². The predicted molar refractivity (Wildman–Crippen MR) is 57.5 cm³/mol. The van der Waals surface area contributed by atoms with Crippen molar-refractivity contribution in [2.75, 3.05) is 33.3 Å². The summed E-state index contributed by atoms with van der Waals surface area (Å²) in [4.78, 5) is 5.06. The largest absolute Gasteiger partial charge is 0.377 e. The van der Waals surface area contributed by atoms with Crippen molar-refractivity contribution in [1.82, 2.24) is 9.80 Å². The SMILES string of the molecule is CC(C)OCCN1C2CC1CN(C)C2. The second-order valence-electron chi connectivity index (χ2n) is 4.92. The molecule has 0 N–H and O–H groups in total. The third-order valence-corrected chi connectivity index (χ3v) is 3.33. The van der Waals surface area contributed by atoms with Crippen LogP contribution >= 0.6 is 0 Å². The summed E-state index contributed by atoms with van der Waals surface area (Å²) in [6.07, 6.45) is 1.78. The number of hydrogen-bond donors (Lipinski definition) is 0. The van der Waals surface area contributed by atoms with Crippen molar-refractivity contribution < 1.29 is 4.74 Å². The zero-order valence-electron chi connectivity index (χ0n) is 9.57. The Labute approximate surface area is 87.0 Å². The van der Waals surface area contributed by atoms with Gasteiger partial charge in [0.25, 0.3) is 0 Å². The van der Waals surface area contributed by atoms with Gasteiger partial charge in [0.15, 0.2) is 0 Å². The van der Waals surface area contributed by atoms with Crippen molar-refractivity contribution in [3.63, 3.8) is 0 Å². The predicted octanol–water partition coefficient (Wildman–Crippen LogP) is 0.800. The van der Waals surface area contributed by atoms with E-state index in [1.54, 1.807) is 0 Å². The molecule has 0 aromatic heterocycles. The van der Waals surface area contributed by atoms with E-state index in [1.807, 2.05) is 0 Å². The summed E-state index contributed by atoms with van der Waals surface area (Å²) < 4.78 is 5.59. The van der Waals surface area contributed by atoms with Crippen LogP contribution in [0.3, 0.4) is 0 Å². The molecular weight excluding hydrogens is 176 g/mol. The molecule has 0 aromatic rings. The van der Waals surface area contributed by atoms with Gasteiger partial charge in [-0.25, -0.2) is 0 Å². The number of likely N-dealkylation sites (N-methyl/N-ethyl adjacent to an activating group) is 1. The second-order valence-corrected chi connectivity index (χ2v) is 4.92. The highest BCUT2D eigenvalue weighted by Crippen LogP contribution is 2.30. The van der Waals surface area contributed by atoms with E-state index < -0.39 is 0 Å². The summed E-state index contributed by atoms with van der Waals surface area (Å²) in [5, 5.41) is 0. The van der Waals surface area contributed by atoms with E-state index in [4.69, 9.17) is 4.74 Å². The zero-order chi connectivity index (χ0) is 10.1. The minimum Gasteiger partial charge on any atom is -0.377 e. The molecule has 0 radical (unpaired) electrons. The lowest BCUT2D eigenvalue weighted by atomic mass is 9.88. The Kier molecular flexibility index (Phi) is 3.10. The first-order valence-corrected chi connectivity index (χ1v) is 5.72. The summed E-state index contributed by atoms with van der Waals surface area (Å²) in [7, 11) is 2.22. The average Bonchev–Trinajstić information content (AvgIpc) is 2.11. The number of nitrogens with zero attached hydrogens (tertiary/aromatic N) is 2. The van der Waals surface area contributed by atoms with Crippen LogP contribution in [0.25, 0.3) is 0 Å². The van der Waals surface area contributed by atoms with Gasteiger partial charge in [-0.3, -0.25) is 4.90 Å². The van der Waals surface area contributed by atoms with Gasteiger partial charge in [-0.1, -0.05) is 0 Å². The van der Waals surface area contributed by atoms with E-state index in [0.29, 0.717) is 6.10 Å². The molecule has 3 heteroatoms. The molecule has 82 valence electrons. The van der Waals surface area contributed by atoms with Crippen molar-refractivity contribution >= 4 is 0 Å². The third kappa shape index (κ3) is 2.10. The molecule has 0 amide bonds. The lowest BCUT2D eigenvalue weighted by molar-refractivity contribution is -0.0770. The van der Waals surface area contributed by atoms with E-state index in [1.165, 1.54) is 19.5 Å². The molecule has 3 aliphatic rings. The quantitative estimate of drug-likeness (QED) is 0.664. The van der Waals surface area contributed by atoms with E-state index >= 15 is 0 Å². The van der Waals surface area contributed by atoms with Gasteiger partial charge in [-0.05, 0) is 27.3 Å². The summed E-state index contributed by atoms with van der Waals surface area (Å²) in [5.74, 6) is 0. The molecule has 0 aliphatic carbocycles. The molecule has 0 aromatic carbocycles. The van der Waals surface area contributed by atoms with Crippen molar-refractivity contribution in [1.29, 1.82) is 0 Å². The summed E-state index contributed by atoms with van der Waals surface area (Å²) in [6, 6.07) is 1.63. The molecule has 2 bridgehead atoms. The highest BCUT2D eigenvalue weighted by Gasteiger charge is 2.42. The number of ether oxygens (including phenoxy) is 1. The second kappa shape index (κ2) is 4.17. The Bertz CT molecular complexity index is 184. The molecule has 0 saturated carbocycles. The molecule has 3 heterocycles. The van der Waals surface area contributed by atoms with E-state index in [0.717, 1.165) is 25.2 Å². The van der Waals surface area contributed by atoms with Crippen molar-refractivity contribution in [3.05, 3.63) is 0 Å². The lowest BCUT2D eigenvalue weighted by Gasteiger charge is -2.55. The van der Waals surface area contributed by atoms with E-state index in [9.17, 15) is 0 Å². The molecule has 3 saturated heterocycles. The Morgan fingerprint density at radius 2 is 1.93 bits per heavy atom. The first-order chi connectivity index (χ1) is 6.66. The topological polar surface area (TPSA) is 15.7 Å². The molecule has 0 spiro atoms. The van der Waals surface area contributed by atoms with Crippen molar-refractivity contribution in [3.8, 4) is 0 Å². The van der Waals surface area contributed by atoms with E-state index in [2.05, 4.69) is 30.7 Å². The van der Waals surface area contributed by atoms with E-state index in [-0.39, 0.29) is 0 Å². The van der Waals surface area contributed by atoms with Crippen LogP contribution in [0.1, 0.15) is 20.3 Å². The van der Waals surface area contributed by atoms with Crippen LogP contribution in [0.2, 0.25) is 0 Å². The monoisotopic (exact) mass is 198 g/mol. The minimum absolute atomic E-state index is 0.374. The molecule has 3 aliphatic heterocycles. The first kappa shape index (κ1) is 10.4. The lowest BCUT2D eigenvalue weighted by Crippen LogP contribution is -2.68. The maximum Gasteiger partial charge on any atom is 0.0597 e. The van der Waals surface area contributed by atoms with Gasteiger partial charge in [0.1, 0.15) is 0 Å². The summed E-state index contributed by atoms with van der Waals surface area (Å²) in [6.45, 7) is 8.72. The molecular formula is C11H22N2O.